The van der Waals surface area contributed by atoms with E-state index in [4.69, 9.17) is 4.74 Å². The summed E-state index contributed by atoms with van der Waals surface area (Å²) in [5.74, 6) is 1.03. The molecule has 0 saturated heterocycles. The molecule has 0 fully saturated rings. The maximum absolute atomic E-state index is 13.6. The van der Waals surface area contributed by atoms with Crippen molar-refractivity contribution in [2.24, 2.45) is 0 Å². The standard InChI is InChI=1S/C38H20F2O.U/c39-28-16-11-23(12-17-28)25-5-3-6-27(21-25)36-30-7-1-2-8-31(30)37-33-22-26(24-13-18-29(40)19-14-24)15-20-34(33)41-35-10-4-9-32(36)38(35)37;/h1-5,7-8,10-22H;/q-2;+2. The fourth-order valence-electron chi connectivity index (χ4n) is 5.95. The summed E-state index contributed by atoms with van der Waals surface area (Å²) in [6.07, 6.45) is 0. The summed E-state index contributed by atoms with van der Waals surface area (Å²) in [6.45, 7) is 0. The molecule has 1 aliphatic rings. The van der Waals surface area contributed by atoms with Gasteiger partial charge in [-0.1, -0.05) is 71.4 Å². The molecule has 7 aromatic rings. The Hall–Kier alpha value is -4.23. The van der Waals surface area contributed by atoms with Gasteiger partial charge in [0, 0.05) is 5.56 Å². The molecule has 0 radical (unpaired) electrons. The largest absolute Gasteiger partial charge is 2.00 e. The fourth-order valence-corrected chi connectivity index (χ4v) is 5.95. The van der Waals surface area contributed by atoms with Crippen LogP contribution < -0.4 is 4.74 Å². The number of rotatable bonds is 3. The van der Waals surface area contributed by atoms with Crippen LogP contribution in [0.3, 0.4) is 0 Å². The molecule has 8 rings (SSSR count). The quantitative estimate of drug-likeness (QED) is 0.129. The Balaban J connectivity index is 0.00000288. The Kier molecular flexibility index (Phi) is 6.70. The van der Waals surface area contributed by atoms with E-state index in [0.717, 1.165) is 77.6 Å². The van der Waals surface area contributed by atoms with Crippen LogP contribution in [0.2, 0.25) is 0 Å². The molecule has 0 saturated carbocycles. The molecular weight excluding hydrogens is 748 g/mol. The first kappa shape index (κ1) is 26.7. The van der Waals surface area contributed by atoms with Gasteiger partial charge >= 0.3 is 31.1 Å². The minimum atomic E-state index is -0.261. The van der Waals surface area contributed by atoms with E-state index in [1.54, 1.807) is 24.3 Å². The van der Waals surface area contributed by atoms with Crippen LogP contribution in [0.25, 0.3) is 66.1 Å². The molecule has 4 heteroatoms. The predicted octanol–water partition coefficient (Wildman–Crippen LogP) is 10.6. The molecule has 1 nitrogen and oxygen atoms in total. The van der Waals surface area contributed by atoms with E-state index in [0.29, 0.717) is 0 Å². The van der Waals surface area contributed by atoms with Crippen molar-refractivity contribution in [3.8, 4) is 56.0 Å². The Bertz CT molecular complexity index is 2130. The normalized spacial score (nSPS) is 11.6. The summed E-state index contributed by atoms with van der Waals surface area (Å²) in [5.41, 5.74) is 7.85. The zero-order chi connectivity index (χ0) is 27.5. The zero-order valence-corrected chi connectivity index (χ0v) is 26.4. The summed E-state index contributed by atoms with van der Waals surface area (Å²) >= 11 is 0. The summed E-state index contributed by atoms with van der Waals surface area (Å²) < 4.78 is 33.7. The molecule has 7 aromatic carbocycles. The second-order valence-corrected chi connectivity index (χ2v) is 10.2. The summed E-state index contributed by atoms with van der Waals surface area (Å²) in [5, 5.41) is 4.11. The third-order valence-corrected chi connectivity index (χ3v) is 7.82. The van der Waals surface area contributed by atoms with Crippen LogP contribution in [0.4, 0.5) is 8.78 Å². The van der Waals surface area contributed by atoms with Gasteiger partial charge in [-0.25, -0.2) is 8.78 Å². The minimum absolute atomic E-state index is 0. The first-order valence-corrected chi connectivity index (χ1v) is 13.4. The van der Waals surface area contributed by atoms with E-state index >= 15 is 0 Å². The first-order chi connectivity index (χ1) is 20.1. The molecule has 1 aliphatic heterocycles. The molecule has 196 valence electrons. The van der Waals surface area contributed by atoms with Gasteiger partial charge in [-0.15, -0.1) is 58.5 Å². The van der Waals surface area contributed by atoms with Gasteiger partial charge in [-0.2, -0.15) is 0 Å². The molecule has 0 bridgehead atoms. The number of halogens is 2. The number of hydrogen-bond donors (Lipinski definition) is 0. The Labute approximate surface area is 265 Å². The van der Waals surface area contributed by atoms with Crippen molar-refractivity contribution in [3.05, 3.63) is 145 Å². The summed E-state index contributed by atoms with van der Waals surface area (Å²) in [7, 11) is 0. The number of fused-ring (bicyclic) bond motifs is 4. The smallest absolute Gasteiger partial charge is 0.476 e. The summed E-state index contributed by atoms with van der Waals surface area (Å²) in [6, 6.07) is 44.4. The van der Waals surface area contributed by atoms with Gasteiger partial charge < -0.3 is 4.74 Å². The minimum Gasteiger partial charge on any atom is -0.476 e. The van der Waals surface area contributed by atoms with Crippen LogP contribution in [0.15, 0.2) is 121 Å². The van der Waals surface area contributed by atoms with Gasteiger partial charge in [0.2, 0.25) is 0 Å². The van der Waals surface area contributed by atoms with E-state index < -0.39 is 0 Å². The molecular formula is C38H20F2OU. The van der Waals surface area contributed by atoms with Gasteiger partial charge in [0.05, 0.1) is 5.75 Å². The maximum atomic E-state index is 13.6. The topological polar surface area (TPSA) is 9.23 Å². The van der Waals surface area contributed by atoms with Gasteiger partial charge in [-0.05, 0) is 64.0 Å². The average molecular weight is 769 g/mol. The van der Waals surface area contributed by atoms with Gasteiger partial charge in [0.25, 0.3) is 0 Å². The SMILES string of the molecule is Fc1ccc(-c2cc[c-]c(-c3c4[c-]ccc5c4c(c4ccccc34)-c3cc(-c4ccc(F)cc4)ccc3O5)c2)cc1.[U+2]. The van der Waals surface area contributed by atoms with Crippen LogP contribution in [0, 0.1) is 54.9 Å². The molecule has 42 heavy (non-hydrogen) atoms. The Morgan fingerprint density at radius 1 is 0.524 bits per heavy atom. The molecule has 0 atom stereocenters. The van der Waals surface area contributed by atoms with E-state index in [2.05, 4.69) is 42.5 Å². The second-order valence-electron chi connectivity index (χ2n) is 10.2. The maximum Gasteiger partial charge on any atom is 2.00 e. The van der Waals surface area contributed by atoms with Crippen molar-refractivity contribution >= 4 is 21.5 Å². The van der Waals surface area contributed by atoms with Crippen LogP contribution in [0.5, 0.6) is 11.5 Å². The number of ether oxygens (including phenoxy) is 1. The van der Waals surface area contributed by atoms with Crippen molar-refractivity contribution in [2.45, 2.75) is 0 Å². The number of benzene rings is 7. The molecule has 0 N–H and O–H groups in total. The Morgan fingerprint density at radius 2 is 1.12 bits per heavy atom. The summed E-state index contributed by atoms with van der Waals surface area (Å²) in [4.78, 5) is 0. The van der Waals surface area contributed by atoms with E-state index in [1.807, 2.05) is 42.5 Å². The molecule has 0 unspecified atom stereocenters. The zero-order valence-electron chi connectivity index (χ0n) is 22.2. The monoisotopic (exact) mass is 768 g/mol. The van der Waals surface area contributed by atoms with Crippen LogP contribution in [-0.2, 0) is 0 Å². The van der Waals surface area contributed by atoms with E-state index in [9.17, 15) is 8.78 Å². The number of hydrogen-bond acceptors (Lipinski definition) is 1. The predicted molar refractivity (Wildman–Crippen MR) is 161 cm³/mol. The molecule has 1 heterocycles. The van der Waals surface area contributed by atoms with Crippen molar-refractivity contribution in [1.82, 2.24) is 0 Å². The van der Waals surface area contributed by atoms with Gasteiger partial charge in [-0.3, -0.25) is 0 Å². The molecule has 0 aromatic heterocycles. The average Bonchev–Trinajstić information content (AvgIpc) is 3.01. The van der Waals surface area contributed by atoms with Gasteiger partial charge in [0.1, 0.15) is 17.4 Å². The van der Waals surface area contributed by atoms with E-state index in [1.165, 1.54) is 24.3 Å². The van der Waals surface area contributed by atoms with Crippen LogP contribution >= 0.6 is 0 Å². The van der Waals surface area contributed by atoms with Crippen molar-refractivity contribution in [3.63, 3.8) is 0 Å². The second kappa shape index (κ2) is 10.6. The third kappa shape index (κ3) is 4.34. The van der Waals surface area contributed by atoms with E-state index in [-0.39, 0.29) is 42.7 Å². The fraction of sp³-hybridized carbons (Fsp3) is 0. The van der Waals surface area contributed by atoms with Crippen molar-refractivity contribution < 1.29 is 44.6 Å². The molecule has 0 aliphatic carbocycles. The van der Waals surface area contributed by atoms with Crippen molar-refractivity contribution in [2.75, 3.05) is 0 Å². The first-order valence-electron chi connectivity index (χ1n) is 13.4. The van der Waals surface area contributed by atoms with Gasteiger partial charge in [0.15, 0.2) is 0 Å². The molecule has 0 spiro atoms. The Morgan fingerprint density at radius 3 is 1.81 bits per heavy atom. The van der Waals surface area contributed by atoms with Crippen LogP contribution in [0.1, 0.15) is 0 Å². The third-order valence-electron chi connectivity index (χ3n) is 7.82. The molecule has 0 amide bonds. The van der Waals surface area contributed by atoms with Crippen molar-refractivity contribution in [1.29, 1.82) is 0 Å². The van der Waals surface area contributed by atoms with Crippen LogP contribution in [-0.4, -0.2) is 0 Å².